The summed E-state index contributed by atoms with van der Waals surface area (Å²) in [6, 6.07) is 13.8. The van der Waals surface area contributed by atoms with Gasteiger partial charge in [0.05, 0.1) is 18.9 Å². The van der Waals surface area contributed by atoms with E-state index in [0.29, 0.717) is 19.8 Å². The van der Waals surface area contributed by atoms with Crippen LogP contribution in [0, 0.1) is 0 Å². The van der Waals surface area contributed by atoms with E-state index in [1.54, 1.807) is 0 Å². The summed E-state index contributed by atoms with van der Waals surface area (Å²) in [4.78, 5) is 4.35. The molecule has 4 heteroatoms. The van der Waals surface area contributed by atoms with Crippen molar-refractivity contribution in [2.45, 2.75) is 13.2 Å². The fraction of sp³-hybridized carbons (Fsp3) is 0.312. The quantitative estimate of drug-likeness (QED) is 0.749. The lowest BCUT2D eigenvalue weighted by molar-refractivity contribution is 0.0869. The summed E-state index contributed by atoms with van der Waals surface area (Å²) in [6.07, 6.45) is 1.87. The van der Waals surface area contributed by atoms with Crippen LogP contribution in [0.1, 0.15) is 11.3 Å². The summed E-state index contributed by atoms with van der Waals surface area (Å²) < 4.78 is 11.1. The minimum atomic E-state index is 0.512. The van der Waals surface area contributed by atoms with Crippen LogP contribution >= 0.6 is 0 Å². The molecular weight excluding hydrogens is 252 g/mol. The molecule has 0 bridgehead atoms. The van der Waals surface area contributed by atoms with Gasteiger partial charge in [-0.05, 0) is 30.8 Å². The van der Waals surface area contributed by atoms with Crippen molar-refractivity contribution < 1.29 is 9.47 Å². The molecule has 0 fully saturated rings. The molecule has 2 aromatic rings. The van der Waals surface area contributed by atoms with Gasteiger partial charge in [0, 0.05) is 12.7 Å². The van der Waals surface area contributed by atoms with Crippen LogP contribution in [0.25, 0.3) is 0 Å². The minimum absolute atomic E-state index is 0.512. The van der Waals surface area contributed by atoms with Crippen molar-refractivity contribution in [1.29, 1.82) is 0 Å². The second kappa shape index (κ2) is 8.30. The van der Waals surface area contributed by atoms with Crippen molar-refractivity contribution in [2.75, 3.05) is 20.3 Å². The first kappa shape index (κ1) is 14.5. The maximum absolute atomic E-state index is 5.54. The van der Waals surface area contributed by atoms with E-state index in [1.807, 2.05) is 49.6 Å². The fourth-order valence-electron chi connectivity index (χ4n) is 1.76. The van der Waals surface area contributed by atoms with Gasteiger partial charge in [0.1, 0.15) is 12.4 Å². The molecule has 0 atom stereocenters. The van der Waals surface area contributed by atoms with E-state index in [0.717, 1.165) is 18.0 Å². The Labute approximate surface area is 119 Å². The molecule has 0 saturated heterocycles. The van der Waals surface area contributed by atoms with E-state index in [1.165, 1.54) is 5.56 Å². The first-order valence-corrected chi connectivity index (χ1v) is 6.72. The Balaban J connectivity index is 1.63. The van der Waals surface area contributed by atoms with Crippen LogP contribution in [-0.4, -0.2) is 25.2 Å². The van der Waals surface area contributed by atoms with E-state index in [4.69, 9.17) is 9.47 Å². The molecule has 0 aliphatic rings. The molecule has 1 N–H and O–H groups in total. The molecule has 4 nitrogen and oxygen atoms in total. The van der Waals surface area contributed by atoms with Gasteiger partial charge in [-0.15, -0.1) is 0 Å². The normalized spacial score (nSPS) is 10.4. The van der Waals surface area contributed by atoms with Gasteiger partial charge >= 0.3 is 0 Å². The molecule has 0 spiro atoms. The van der Waals surface area contributed by atoms with Crippen LogP contribution < -0.4 is 10.1 Å². The summed E-state index contributed by atoms with van der Waals surface area (Å²) in [5.41, 5.74) is 2.10. The van der Waals surface area contributed by atoms with Crippen LogP contribution in [0.15, 0.2) is 48.7 Å². The first-order valence-electron chi connectivity index (χ1n) is 6.72. The lowest BCUT2D eigenvalue weighted by atomic mass is 10.2. The Hall–Kier alpha value is -1.91. The number of benzene rings is 1. The third-order valence-electron chi connectivity index (χ3n) is 2.76. The summed E-state index contributed by atoms with van der Waals surface area (Å²) in [7, 11) is 1.92. The predicted octanol–water partition coefficient (Wildman–Crippen LogP) is 2.40. The van der Waals surface area contributed by atoms with Crippen LogP contribution in [0.3, 0.4) is 0 Å². The van der Waals surface area contributed by atoms with Gasteiger partial charge in [0.15, 0.2) is 0 Å². The standard InChI is InChI=1S/C16H20N2O2/c1-17-11-14-7-8-15(18-12-14)13-19-9-10-20-16-5-3-2-4-6-16/h2-8,12,17H,9-11,13H2,1H3. The largest absolute Gasteiger partial charge is 0.491 e. The summed E-state index contributed by atoms with van der Waals surface area (Å²) in [5, 5.41) is 3.09. The number of aromatic nitrogens is 1. The first-order chi connectivity index (χ1) is 9.88. The number of pyridine rings is 1. The lowest BCUT2D eigenvalue weighted by Crippen LogP contribution is -2.08. The molecule has 1 aromatic carbocycles. The SMILES string of the molecule is CNCc1ccc(COCCOc2ccccc2)nc1. The van der Waals surface area contributed by atoms with Crippen LogP contribution in [-0.2, 0) is 17.9 Å². The zero-order valence-electron chi connectivity index (χ0n) is 11.7. The van der Waals surface area contributed by atoms with Crippen molar-refractivity contribution >= 4 is 0 Å². The van der Waals surface area contributed by atoms with Gasteiger partial charge in [-0.3, -0.25) is 4.98 Å². The molecule has 0 radical (unpaired) electrons. The average Bonchev–Trinajstić information content (AvgIpc) is 2.50. The smallest absolute Gasteiger partial charge is 0.119 e. The van der Waals surface area contributed by atoms with E-state index in [2.05, 4.69) is 16.4 Å². The van der Waals surface area contributed by atoms with E-state index < -0.39 is 0 Å². The minimum Gasteiger partial charge on any atom is -0.491 e. The maximum atomic E-state index is 5.54. The number of nitrogens with zero attached hydrogens (tertiary/aromatic N) is 1. The molecule has 0 unspecified atom stereocenters. The Morgan fingerprint density at radius 3 is 2.60 bits per heavy atom. The molecule has 2 rings (SSSR count). The molecule has 0 aliphatic heterocycles. The van der Waals surface area contributed by atoms with Crippen LogP contribution in [0.4, 0.5) is 0 Å². The number of hydrogen-bond donors (Lipinski definition) is 1. The zero-order chi connectivity index (χ0) is 14.0. The molecule has 20 heavy (non-hydrogen) atoms. The van der Waals surface area contributed by atoms with Crippen molar-refractivity contribution in [3.63, 3.8) is 0 Å². The van der Waals surface area contributed by atoms with E-state index in [-0.39, 0.29) is 0 Å². The molecule has 1 heterocycles. The van der Waals surface area contributed by atoms with Crippen molar-refractivity contribution in [1.82, 2.24) is 10.3 Å². The third kappa shape index (κ3) is 4.99. The number of nitrogens with one attached hydrogen (secondary N) is 1. The highest BCUT2D eigenvalue weighted by Gasteiger charge is 1.97. The van der Waals surface area contributed by atoms with Crippen LogP contribution in [0.5, 0.6) is 5.75 Å². The number of ether oxygens (including phenoxy) is 2. The zero-order valence-corrected chi connectivity index (χ0v) is 11.7. The maximum Gasteiger partial charge on any atom is 0.119 e. The van der Waals surface area contributed by atoms with Crippen LogP contribution in [0.2, 0.25) is 0 Å². The highest BCUT2D eigenvalue weighted by atomic mass is 16.5. The molecule has 0 amide bonds. The summed E-state index contributed by atoms with van der Waals surface area (Å²) in [5.74, 6) is 0.866. The third-order valence-corrected chi connectivity index (χ3v) is 2.76. The van der Waals surface area contributed by atoms with Gasteiger partial charge in [-0.2, -0.15) is 0 Å². The second-order valence-electron chi connectivity index (χ2n) is 4.40. The Kier molecular flexibility index (Phi) is 6.02. The fourth-order valence-corrected chi connectivity index (χ4v) is 1.76. The summed E-state index contributed by atoms with van der Waals surface area (Å²) >= 11 is 0. The van der Waals surface area contributed by atoms with E-state index in [9.17, 15) is 0 Å². The van der Waals surface area contributed by atoms with Crippen molar-refractivity contribution in [3.05, 3.63) is 59.9 Å². The van der Waals surface area contributed by atoms with Gasteiger partial charge < -0.3 is 14.8 Å². The Morgan fingerprint density at radius 2 is 1.90 bits per heavy atom. The van der Waals surface area contributed by atoms with Gasteiger partial charge in [0.25, 0.3) is 0 Å². The number of hydrogen-bond acceptors (Lipinski definition) is 4. The molecule has 0 aliphatic carbocycles. The average molecular weight is 272 g/mol. The van der Waals surface area contributed by atoms with Crippen molar-refractivity contribution in [2.24, 2.45) is 0 Å². The number of para-hydroxylation sites is 1. The molecular formula is C16H20N2O2. The Morgan fingerprint density at radius 1 is 1.05 bits per heavy atom. The van der Waals surface area contributed by atoms with Crippen molar-refractivity contribution in [3.8, 4) is 5.75 Å². The highest BCUT2D eigenvalue weighted by Crippen LogP contribution is 2.08. The van der Waals surface area contributed by atoms with E-state index >= 15 is 0 Å². The number of rotatable bonds is 8. The monoisotopic (exact) mass is 272 g/mol. The second-order valence-corrected chi connectivity index (χ2v) is 4.40. The predicted molar refractivity (Wildman–Crippen MR) is 78.6 cm³/mol. The molecule has 106 valence electrons. The molecule has 0 saturated carbocycles. The van der Waals surface area contributed by atoms with Gasteiger partial charge in [-0.1, -0.05) is 24.3 Å². The summed E-state index contributed by atoms with van der Waals surface area (Å²) in [6.45, 7) is 2.44. The lowest BCUT2D eigenvalue weighted by Gasteiger charge is -2.07. The van der Waals surface area contributed by atoms with Gasteiger partial charge in [0.2, 0.25) is 0 Å². The van der Waals surface area contributed by atoms with Gasteiger partial charge in [-0.25, -0.2) is 0 Å². The molecule has 1 aromatic heterocycles. The topological polar surface area (TPSA) is 43.4 Å². The highest BCUT2D eigenvalue weighted by molar-refractivity contribution is 5.20. The Bertz CT molecular complexity index is 486.